The van der Waals surface area contributed by atoms with Gasteiger partial charge in [0.15, 0.2) is 0 Å². The third-order valence-corrected chi connectivity index (χ3v) is 5.69. The standard InChI is InChI=1S/C8H15FN2OS/c1-8(2)6-11-5-7(4-9)13(8,12)10-3/h6-7H,4-5H2,1-3H3. The highest BCUT2D eigenvalue weighted by atomic mass is 32.2. The number of halogens is 1. The lowest BCUT2D eigenvalue weighted by atomic mass is 10.2. The predicted molar refractivity (Wildman–Crippen MR) is 53.7 cm³/mol. The van der Waals surface area contributed by atoms with E-state index >= 15 is 0 Å². The third kappa shape index (κ3) is 1.49. The van der Waals surface area contributed by atoms with E-state index in [-0.39, 0.29) is 6.54 Å². The fourth-order valence-electron chi connectivity index (χ4n) is 1.51. The first-order valence-electron chi connectivity index (χ1n) is 4.18. The zero-order valence-corrected chi connectivity index (χ0v) is 8.97. The molecule has 1 heterocycles. The van der Waals surface area contributed by atoms with Gasteiger partial charge in [0.05, 0.1) is 26.3 Å². The van der Waals surface area contributed by atoms with Gasteiger partial charge in [-0.15, -0.1) is 0 Å². The second-order valence-electron chi connectivity index (χ2n) is 3.63. The van der Waals surface area contributed by atoms with Crippen molar-refractivity contribution in [2.45, 2.75) is 23.8 Å². The number of rotatable bonds is 1. The Morgan fingerprint density at radius 2 is 2.38 bits per heavy atom. The van der Waals surface area contributed by atoms with Gasteiger partial charge >= 0.3 is 0 Å². The van der Waals surface area contributed by atoms with Crippen LogP contribution in [0.5, 0.6) is 0 Å². The van der Waals surface area contributed by atoms with Crippen molar-refractivity contribution in [3.05, 3.63) is 0 Å². The molecule has 76 valence electrons. The normalized spacial score (nSPS) is 37.4. The summed E-state index contributed by atoms with van der Waals surface area (Å²) in [6, 6.07) is 0. The van der Waals surface area contributed by atoms with E-state index in [1.165, 1.54) is 7.05 Å². The van der Waals surface area contributed by atoms with E-state index in [1.54, 1.807) is 20.1 Å². The molecule has 0 saturated heterocycles. The van der Waals surface area contributed by atoms with Crippen LogP contribution in [-0.2, 0) is 9.73 Å². The van der Waals surface area contributed by atoms with E-state index in [4.69, 9.17) is 0 Å². The summed E-state index contributed by atoms with van der Waals surface area (Å²) in [4.78, 5) is 4.02. The lowest BCUT2D eigenvalue weighted by molar-refractivity contribution is 0.472. The van der Waals surface area contributed by atoms with Crippen molar-refractivity contribution in [2.24, 2.45) is 9.36 Å². The van der Waals surface area contributed by atoms with Crippen molar-refractivity contribution in [1.82, 2.24) is 0 Å². The average molecular weight is 206 g/mol. The van der Waals surface area contributed by atoms with Crippen LogP contribution in [0.4, 0.5) is 4.39 Å². The SMILES string of the molecule is CN=S1(=O)C(CF)CN=CC1(C)C. The van der Waals surface area contributed by atoms with Crippen LogP contribution >= 0.6 is 0 Å². The number of hydrogen-bond donors (Lipinski definition) is 0. The van der Waals surface area contributed by atoms with E-state index in [9.17, 15) is 8.60 Å². The van der Waals surface area contributed by atoms with Crippen molar-refractivity contribution >= 4 is 15.9 Å². The second-order valence-corrected chi connectivity index (χ2v) is 6.85. The Kier molecular flexibility index (Phi) is 2.75. The molecule has 0 spiro atoms. The first-order valence-corrected chi connectivity index (χ1v) is 5.76. The Morgan fingerprint density at radius 3 is 2.77 bits per heavy atom. The van der Waals surface area contributed by atoms with Crippen LogP contribution in [-0.4, -0.2) is 40.7 Å². The average Bonchev–Trinajstić information content (AvgIpc) is 2.09. The first-order chi connectivity index (χ1) is 5.98. The van der Waals surface area contributed by atoms with E-state index in [1.807, 2.05) is 0 Å². The minimum atomic E-state index is -2.50. The molecular weight excluding hydrogens is 191 g/mol. The summed E-state index contributed by atoms with van der Waals surface area (Å²) in [5, 5.41) is -0.544. The van der Waals surface area contributed by atoms with Crippen LogP contribution < -0.4 is 0 Å². The molecule has 0 saturated carbocycles. The van der Waals surface area contributed by atoms with Crippen LogP contribution in [0.3, 0.4) is 0 Å². The summed E-state index contributed by atoms with van der Waals surface area (Å²) in [5.41, 5.74) is 0. The molecule has 1 rings (SSSR count). The lowest BCUT2D eigenvalue weighted by Crippen LogP contribution is -2.46. The number of aliphatic imine (C=N–C) groups is 1. The second kappa shape index (κ2) is 3.36. The van der Waals surface area contributed by atoms with E-state index in [0.29, 0.717) is 0 Å². The number of hydrogen-bond acceptors (Lipinski definition) is 3. The molecule has 13 heavy (non-hydrogen) atoms. The van der Waals surface area contributed by atoms with Gasteiger partial charge < -0.3 is 0 Å². The number of nitrogens with zero attached hydrogens (tertiary/aromatic N) is 2. The highest BCUT2D eigenvalue weighted by molar-refractivity contribution is 7.96. The van der Waals surface area contributed by atoms with Gasteiger partial charge in [-0.2, -0.15) is 0 Å². The third-order valence-electron chi connectivity index (χ3n) is 2.36. The predicted octanol–water partition coefficient (Wildman–Crippen LogP) is 1.29. The summed E-state index contributed by atoms with van der Waals surface area (Å²) < 4.78 is 28.1. The Bertz CT molecular complexity index is 329. The molecule has 2 atom stereocenters. The Hall–Kier alpha value is -0.450. The van der Waals surface area contributed by atoms with E-state index in [0.717, 1.165) is 0 Å². The van der Waals surface area contributed by atoms with Crippen LogP contribution in [0.2, 0.25) is 0 Å². The zero-order chi connectivity index (χ0) is 10.1. The van der Waals surface area contributed by atoms with Gasteiger partial charge in [-0.1, -0.05) is 0 Å². The van der Waals surface area contributed by atoms with E-state index < -0.39 is 26.4 Å². The van der Waals surface area contributed by atoms with Gasteiger partial charge in [0.1, 0.15) is 6.67 Å². The molecule has 1 aliphatic heterocycles. The van der Waals surface area contributed by atoms with Crippen molar-refractivity contribution in [1.29, 1.82) is 0 Å². The molecule has 0 aromatic heterocycles. The van der Waals surface area contributed by atoms with Gasteiger partial charge in [-0.25, -0.2) is 13.0 Å². The summed E-state index contributed by atoms with van der Waals surface area (Å²) in [7, 11) is -1.00. The smallest absolute Gasteiger partial charge is 0.106 e. The molecule has 2 unspecified atom stereocenters. The molecule has 0 amide bonds. The van der Waals surface area contributed by atoms with Gasteiger partial charge in [0.2, 0.25) is 0 Å². The summed E-state index contributed by atoms with van der Waals surface area (Å²) >= 11 is 0. The summed E-state index contributed by atoms with van der Waals surface area (Å²) in [5.74, 6) is 0. The molecule has 1 aliphatic rings. The zero-order valence-electron chi connectivity index (χ0n) is 8.16. The number of alkyl halides is 1. The molecule has 0 radical (unpaired) electrons. The van der Waals surface area contributed by atoms with Crippen LogP contribution in [0.15, 0.2) is 9.36 Å². The molecule has 0 aromatic carbocycles. The first kappa shape index (κ1) is 10.6. The van der Waals surface area contributed by atoms with Gasteiger partial charge in [-0.3, -0.25) is 4.99 Å². The molecule has 0 bridgehead atoms. The maximum atomic E-state index is 12.6. The van der Waals surface area contributed by atoms with Crippen molar-refractivity contribution in [3.8, 4) is 0 Å². The van der Waals surface area contributed by atoms with Gasteiger partial charge in [0, 0.05) is 13.3 Å². The molecule has 0 fully saturated rings. The minimum absolute atomic E-state index is 0.288. The van der Waals surface area contributed by atoms with Crippen LogP contribution in [0.1, 0.15) is 13.8 Å². The molecular formula is C8H15FN2OS. The fraction of sp³-hybridized carbons (Fsp3) is 0.875. The summed E-state index contributed by atoms with van der Waals surface area (Å²) in [6.07, 6.45) is 1.63. The Labute approximate surface area is 78.6 Å². The van der Waals surface area contributed by atoms with Crippen molar-refractivity contribution < 1.29 is 8.60 Å². The Morgan fingerprint density at radius 1 is 1.77 bits per heavy atom. The summed E-state index contributed by atoms with van der Waals surface area (Å²) in [6.45, 7) is 3.24. The Balaban J connectivity index is 3.26. The van der Waals surface area contributed by atoms with Gasteiger partial charge in [-0.05, 0) is 13.8 Å². The molecule has 0 aromatic rings. The van der Waals surface area contributed by atoms with Crippen molar-refractivity contribution in [2.75, 3.05) is 20.3 Å². The quantitative estimate of drug-likeness (QED) is 0.637. The molecule has 0 N–H and O–H groups in total. The van der Waals surface area contributed by atoms with Crippen LogP contribution in [0, 0.1) is 0 Å². The maximum absolute atomic E-state index is 12.6. The van der Waals surface area contributed by atoms with Crippen LogP contribution in [0.25, 0.3) is 0 Å². The minimum Gasteiger partial charge on any atom is -0.295 e. The van der Waals surface area contributed by atoms with E-state index in [2.05, 4.69) is 9.36 Å². The molecule has 0 aliphatic carbocycles. The highest BCUT2D eigenvalue weighted by Gasteiger charge is 2.39. The lowest BCUT2D eigenvalue weighted by Gasteiger charge is -2.32. The highest BCUT2D eigenvalue weighted by Crippen LogP contribution is 2.26. The molecule has 3 nitrogen and oxygen atoms in total. The monoisotopic (exact) mass is 206 g/mol. The van der Waals surface area contributed by atoms with Crippen molar-refractivity contribution in [3.63, 3.8) is 0 Å². The maximum Gasteiger partial charge on any atom is 0.106 e. The largest absolute Gasteiger partial charge is 0.295 e. The molecule has 5 heteroatoms. The fourth-order valence-corrected chi connectivity index (χ4v) is 3.83. The topological polar surface area (TPSA) is 41.8 Å². The van der Waals surface area contributed by atoms with Gasteiger partial charge in [0.25, 0.3) is 0 Å².